The van der Waals surface area contributed by atoms with Crippen molar-refractivity contribution in [2.45, 2.75) is 57.7 Å². The number of anilines is 1. The Morgan fingerprint density at radius 1 is 1.23 bits per heavy atom. The maximum Gasteiger partial charge on any atom is 0.0574 e. The first-order valence-corrected chi connectivity index (χ1v) is 8.54. The fourth-order valence-corrected chi connectivity index (χ4v) is 3.11. The zero-order chi connectivity index (χ0) is 15.9. The first-order chi connectivity index (χ1) is 10.6. The summed E-state index contributed by atoms with van der Waals surface area (Å²) in [6, 6.07) is 9.38. The van der Waals surface area contributed by atoms with Crippen LogP contribution in [0.3, 0.4) is 0 Å². The van der Waals surface area contributed by atoms with Crippen molar-refractivity contribution in [3.8, 4) is 0 Å². The smallest absolute Gasteiger partial charge is 0.0574 e. The van der Waals surface area contributed by atoms with Gasteiger partial charge in [-0.15, -0.1) is 0 Å². The lowest BCUT2D eigenvalue weighted by molar-refractivity contribution is 0.145. The van der Waals surface area contributed by atoms with Gasteiger partial charge in [0.1, 0.15) is 0 Å². The largest absolute Gasteiger partial charge is 0.396 e. The quantitative estimate of drug-likeness (QED) is 0.724. The van der Waals surface area contributed by atoms with Crippen LogP contribution in [0.15, 0.2) is 24.3 Å². The number of hydrogen-bond acceptors (Lipinski definition) is 4. The maximum absolute atomic E-state index is 9.59. The number of rotatable bonds is 7. The molecule has 1 aliphatic heterocycles. The molecule has 22 heavy (non-hydrogen) atoms. The summed E-state index contributed by atoms with van der Waals surface area (Å²) in [6.45, 7) is 6.42. The number of aliphatic hydroxyl groups excluding tert-OH is 2. The second-order valence-electron chi connectivity index (χ2n) is 6.32. The molecule has 1 aromatic carbocycles. The normalized spacial score (nSPS) is 19.2. The number of benzene rings is 1. The van der Waals surface area contributed by atoms with E-state index in [1.807, 2.05) is 0 Å². The van der Waals surface area contributed by atoms with Crippen molar-refractivity contribution in [2.75, 3.05) is 24.6 Å². The van der Waals surface area contributed by atoms with E-state index in [4.69, 9.17) is 5.11 Å². The van der Waals surface area contributed by atoms with E-state index in [1.165, 1.54) is 11.3 Å². The average molecular weight is 306 g/mol. The molecule has 2 unspecified atom stereocenters. The molecule has 4 heteroatoms. The molecule has 0 radical (unpaired) electrons. The highest BCUT2D eigenvalue weighted by Crippen LogP contribution is 2.23. The molecule has 1 saturated heterocycles. The molecule has 124 valence electrons. The third-order valence-corrected chi connectivity index (χ3v) is 4.68. The summed E-state index contributed by atoms with van der Waals surface area (Å²) >= 11 is 0. The highest BCUT2D eigenvalue weighted by molar-refractivity contribution is 5.48. The van der Waals surface area contributed by atoms with Crippen LogP contribution < -0.4 is 10.2 Å². The number of hydrogen-bond donors (Lipinski definition) is 3. The van der Waals surface area contributed by atoms with Gasteiger partial charge in [-0.3, -0.25) is 0 Å². The van der Waals surface area contributed by atoms with Crippen LogP contribution in [0.2, 0.25) is 0 Å². The first-order valence-electron chi connectivity index (χ1n) is 8.54. The molecular weight excluding hydrogens is 276 g/mol. The summed E-state index contributed by atoms with van der Waals surface area (Å²) < 4.78 is 0. The van der Waals surface area contributed by atoms with E-state index >= 15 is 0 Å². The van der Waals surface area contributed by atoms with Crippen LogP contribution in [-0.4, -0.2) is 42.1 Å². The average Bonchev–Trinajstić information content (AvgIpc) is 2.55. The lowest BCUT2D eigenvalue weighted by Gasteiger charge is -2.31. The summed E-state index contributed by atoms with van der Waals surface area (Å²) in [6.07, 6.45) is 3.42. The molecule has 2 rings (SSSR count). The molecule has 1 aliphatic rings. The van der Waals surface area contributed by atoms with Crippen LogP contribution in [0.5, 0.6) is 0 Å². The van der Waals surface area contributed by atoms with Gasteiger partial charge in [0.25, 0.3) is 0 Å². The molecule has 0 bridgehead atoms. The Kier molecular flexibility index (Phi) is 6.68. The minimum absolute atomic E-state index is 0.128. The van der Waals surface area contributed by atoms with E-state index in [0.717, 1.165) is 38.8 Å². The van der Waals surface area contributed by atoms with E-state index in [0.29, 0.717) is 6.04 Å². The minimum Gasteiger partial charge on any atom is -0.396 e. The van der Waals surface area contributed by atoms with Crippen LogP contribution in [-0.2, 0) is 0 Å². The lowest BCUT2D eigenvalue weighted by atomic mass is 10.0. The zero-order valence-corrected chi connectivity index (χ0v) is 13.8. The highest BCUT2D eigenvalue weighted by atomic mass is 16.3. The summed E-state index contributed by atoms with van der Waals surface area (Å²) in [5.74, 6) is 0. The van der Waals surface area contributed by atoms with E-state index in [2.05, 4.69) is 48.3 Å². The van der Waals surface area contributed by atoms with E-state index < -0.39 is 0 Å². The fourth-order valence-electron chi connectivity index (χ4n) is 3.11. The molecule has 0 spiro atoms. The van der Waals surface area contributed by atoms with Gasteiger partial charge < -0.3 is 20.4 Å². The van der Waals surface area contributed by atoms with Gasteiger partial charge in [-0.2, -0.15) is 0 Å². The molecule has 0 aromatic heterocycles. The molecule has 0 saturated carbocycles. The van der Waals surface area contributed by atoms with Gasteiger partial charge in [-0.05, 0) is 50.3 Å². The Morgan fingerprint density at radius 2 is 1.86 bits per heavy atom. The van der Waals surface area contributed by atoms with Crippen molar-refractivity contribution in [3.63, 3.8) is 0 Å². The van der Waals surface area contributed by atoms with Gasteiger partial charge in [0, 0.05) is 37.5 Å². The van der Waals surface area contributed by atoms with Gasteiger partial charge in [0.05, 0.1) is 6.10 Å². The Bertz CT molecular complexity index is 427. The van der Waals surface area contributed by atoms with Gasteiger partial charge in [-0.1, -0.05) is 19.1 Å². The Balaban J connectivity index is 1.93. The monoisotopic (exact) mass is 306 g/mol. The fraction of sp³-hybridized carbons (Fsp3) is 0.667. The van der Waals surface area contributed by atoms with Crippen LogP contribution in [0.1, 0.15) is 51.1 Å². The minimum atomic E-state index is -0.128. The number of piperidine rings is 1. The van der Waals surface area contributed by atoms with Crippen molar-refractivity contribution in [2.24, 2.45) is 0 Å². The number of nitrogens with zero attached hydrogens (tertiary/aromatic N) is 1. The number of nitrogens with one attached hydrogen (secondary N) is 1. The second kappa shape index (κ2) is 8.51. The molecule has 2 atom stereocenters. The van der Waals surface area contributed by atoms with Gasteiger partial charge in [0.15, 0.2) is 0 Å². The molecule has 3 N–H and O–H groups in total. The zero-order valence-electron chi connectivity index (χ0n) is 13.8. The van der Waals surface area contributed by atoms with Crippen molar-refractivity contribution >= 4 is 5.69 Å². The van der Waals surface area contributed by atoms with Crippen molar-refractivity contribution in [1.82, 2.24) is 5.32 Å². The Hall–Kier alpha value is -1.10. The predicted octanol–water partition coefficient (Wildman–Crippen LogP) is 2.46. The molecule has 1 fully saturated rings. The van der Waals surface area contributed by atoms with Crippen molar-refractivity contribution < 1.29 is 10.2 Å². The summed E-state index contributed by atoms with van der Waals surface area (Å²) in [5.41, 5.74) is 2.52. The van der Waals surface area contributed by atoms with Crippen molar-refractivity contribution in [3.05, 3.63) is 29.8 Å². The van der Waals surface area contributed by atoms with E-state index in [1.54, 1.807) is 0 Å². The van der Waals surface area contributed by atoms with Crippen LogP contribution in [0, 0.1) is 0 Å². The van der Waals surface area contributed by atoms with Crippen LogP contribution >= 0.6 is 0 Å². The SMILES string of the molecule is CCC(CCO)NC(C)c1ccc(N2CCC(O)CC2)cc1. The molecule has 4 nitrogen and oxygen atoms in total. The molecule has 1 heterocycles. The number of aliphatic hydroxyl groups is 2. The maximum atomic E-state index is 9.59. The first kappa shape index (κ1) is 17.3. The summed E-state index contributed by atoms with van der Waals surface area (Å²) in [4.78, 5) is 2.34. The third kappa shape index (κ3) is 4.70. The lowest BCUT2D eigenvalue weighted by Crippen LogP contribution is -2.35. The van der Waals surface area contributed by atoms with Gasteiger partial charge >= 0.3 is 0 Å². The molecule has 0 aliphatic carbocycles. The molecular formula is C18H30N2O2. The van der Waals surface area contributed by atoms with Gasteiger partial charge in [0.2, 0.25) is 0 Å². The molecule has 1 aromatic rings. The van der Waals surface area contributed by atoms with E-state index in [9.17, 15) is 5.11 Å². The molecule has 0 amide bonds. The highest BCUT2D eigenvalue weighted by Gasteiger charge is 2.17. The third-order valence-electron chi connectivity index (χ3n) is 4.68. The predicted molar refractivity (Wildman–Crippen MR) is 91.2 cm³/mol. The topological polar surface area (TPSA) is 55.7 Å². The van der Waals surface area contributed by atoms with Gasteiger partial charge in [-0.25, -0.2) is 0 Å². The standard InChI is InChI=1S/C18H30N2O2/c1-3-16(10-13-21)19-14(2)15-4-6-17(7-5-15)20-11-8-18(22)9-12-20/h4-7,14,16,18-19,21-22H,3,8-13H2,1-2H3. The second-order valence-corrected chi connectivity index (χ2v) is 6.32. The van der Waals surface area contributed by atoms with Crippen LogP contribution in [0.25, 0.3) is 0 Å². The Morgan fingerprint density at radius 3 is 2.41 bits per heavy atom. The Labute approximate surface area is 134 Å². The van der Waals surface area contributed by atoms with Crippen LogP contribution in [0.4, 0.5) is 5.69 Å². The summed E-state index contributed by atoms with van der Waals surface area (Å²) in [7, 11) is 0. The van der Waals surface area contributed by atoms with E-state index in [-0.39, 0.29) is 18.8 Å². The summed E-state index contributed by atoms with van der Waals surface area (Å²) in [5, 5.41) is 22.3. The van der Waals surface area contributed by atoms with Crippen molar-refractivity contribution in [1.29, 1.82) is 0 Å².